The fraction of sp³-hybridized carbons (Fsp3) is 0.393. The fourth-order valence-corrected chi connectivity index (χ4v) is 3.67. The van der Waals surface area contributed by atoms with Gasteiger partial charge in [-0.25, -0.2) is 4.79 Å². The SMILES string of the molecule is C=C(C)C(=O)OCCCCCCCCOc1ccc(/C(N)=C/c2ccc3c(c2)OCC3)cc1. The molecule has 0 bridgehead atoms. The molecule has 2 N–H and O–H groups in total. The summed E-state index contributed by atoms with van der Waals surface area (Å²) in [6.07, 6.45) is 9.37. The summed E-state index contributed by atoms with van der Waals surface area (Å²) in [4.78, 5) is 11.3. The smallest absolute Gasteiger partial charge is 0.333 e. The van der Waals surface area contributed by atoms with Gasteiger partial charge in [0.2, 0.25) is 0 Å². The van der Waals surface area contributed by atoms with Crippen molar-refractivity contribution < 1.29 is 19.0 Å². The van der Waals surface area contributed by atoms with Gasteiger partial charge in [0.15, 0.2) is 0 Å². The first-order valence-electron chi connectivity index (χ1n) is 11.8. The third-order valence-corrected chi connectivity index (χ3v) is 5.62. The highest BCUT2D eigenvalue weighted by Crippen LogP contribution is 2.27. The van der Waals surface area contributed by atoms with E-state index >= 15 is 0 Å². The Hall–Kier alpha value is -3.21. The number of nitrogens with two attached hydrogens (primary N) is 1. The van der Waals surface area contributed by atoms with Crippen LogP contribution < -0.4 is 15.2 Å². The van der Waals surface area contributed by atoms with E-state index in [-0.39, 0.29) is 5.97 Å². The van der Waals surface area contributed by atoms with Gasteiger partial charge >= 0.3 is 5.97 Å². The summed E-state index contributed by atoms with van der Waals surface area (Å²) in [5.41, 5.74) is 10.7. The van der Waals surface area contributed by atoms with Crippen LogP contribution in [0.2, 0.25) is 0 Å². The zero-order valence-electron chi connectivity index (χ0n) is 19.6. The normalized spacial score (nSPS) is 12.7. The number of fused-ring (bicyclic) bond motifs is 1. The Morgan fingerprint density at radius 3 is 2.45 bits per heavy atom. The molecule has 0 atom stereocenters. The van der Waals surface area contributed by atoms with Gasteiger partial charge in [-0.3, -0.25) is 0 Å². The van der Waals surface area contributed by atoms with Crippen molar-refractivity contribution in [2.24, 2.45) is 5.73 Å². The molecule has 5 nitrogen and oxygen atoms in total. The number of ether oxygens (including phenoxy) is 3. The van der Waals surface area contributed by atoms with Gasteiger partial charge < -0.3 is 19.9 Å². The second kappa shape index (κ2) is 12.7. The zero-order valence-corrected chi connectivity index (χ0v) is 19.6. The summed E-state index contributed by atoms with van der Waals surface area (Å²) in [5, 5.41) is 0. The Bertz CT molecular complexity index is 962. The first-order chi connectivity index (χ1) is 16.0. The van der Waals surface area contributed by atoms with E-state index in [4.69, 9.17) is 19.9 Å². The maximum absolute atomic E-state index is 11.3. The Balaban J connectivity index is 1.30. The lowest BCUT2D eigenvalue weighted by Crippen LogP contribution is -2.06. The van der Waals surface area contributed by atoms with Crippen LogP contribution in [0.4, 0.5) is 0 Å². The lowest BCUT2D eigenvalue weighted by molar-refractivity contribution is -0.139. The van der Waals surface area contributed by atoms with Crippen LogP contribution in [0.3, 0.4) is 0 Å². The largest absolute Gasteiger partial charge is 0.494 e. The number of rotatable bonds is 13. The van der Waals surface area contributed by atoms with Crippen LogP contribution >= 0.6 is 0 Å². The summed E-state index contributed by atoms with van der Waals surface area (Å²) in [6.45, 7) is 7.18. The molecule has 0 saturated carbocycles. The second-order valence-corrected chi connectivity index (χ2v) is 8.48. The minimum absolute atomic E-state index is 0.298. The molecule has 0 radical (unpaired) electrons. The van der Waals surface area contributed by atoms with E-state index in [2.05, 4.69) is 18.7 Å². The Morgan fingerprint density at radius 1 is 1.03 bits per heavy atom. The van der Waals surface area contributed by atoms with E-state index in [9.17, 15) is 4.79 Å². The van der Waals surface area contributed by atoms with Crippen molar-refractivity contribution in [1.29, 1.82) is 0 Å². The van der Waals surface area contributed by atoms with Crippen LogP contribution in [0.15, 0.2) is 54.6 Å². The maximum atomic E-state index is 11.3. The summed E-state index contributed by atoms with van der Waals surface area (Å²) >= 11 is 0. The molecule has 0 aliphatic carbocycles. The number of carbonyl (C=O) groups excluding carboxylic acids is 1. The number of hydrogen-bond donors (Lipinski definition) is 1. The van der Waals surface area contributed by atoms with E-state index in [1.54, 1.807) is 6.92 Å². The fourth-order valence-electron chi connectivity index (χ4n) is 3.67. The molecule has 1 heterocycles. The minimum atomic E-state index is -0.298. The molecule has 33 heavy (non-hydrogen) atoms. The van der Waals surface area contributed by atoms with Crippen molar-refractivity contribution in [3.8, 4) is 11.5 Å². The number of carbonyl (C=O) groups is 1. The van der Waals surface area contributed by atoms with Gasteiger partial charge in [0.05, 0.1) is 19.8 Å². The molecule has 0 amide bonds. The Labute approximate surface area is 197 Å². The van der Waals surface area contributed by atoms with E-state index in [1.807, 2.05) is 36.4 Å². The molecule has 0 saturated heterocycles. The zero-order chi connectivity index (χ0) is 23.5. The summed E-state index contributed by atoms with van der Waals surface area (Å²) in [6, 6.07) is 14.2. The quantitative estimate of drug-likeness (QED) is 0.178. The number of esters is 1. The van der Waals surface area contributed by atoms with Gasteiger partial charge in [-0.1, -0.05) is 44.4 Å². The van der Waals surface area contributed by atoms with Crippen LogP contribution in [0, 0.1) is 0 Å². The molecule has 3 rings (SSSR count). The highest BCUT2D eigenvalue weighted by atomic mass is 16.5. The standard InChI is InChI=1S/C28H35NO4/c1-21(2)28(30)33-17-8-6-4-3-5-7-16-31-25-13-11-23(12-14-25)26(29)19-22-9-10-24-15-18-32-27(24)20-22/h9-14,19-20H,1,3-8,15-18,29H2,2H3/b26-19-. The van der Waals surface area contributed by atoms with Crippen LogP contribution in [-0.4, -0.2) is 25.8 Å². The van der Waals surface area contributed by atoms with Crippen LogP contribution in [-0.2, 0) is 16.0 Å². The molecule has 1 aliphatic heterocycles. The summed E-state index contributed by atoms with van der Waals surface area (Å²) < 4.78 is 16.6. The van der Waals surface area contributed by atoms with Gasteiger partial charge in [0, 0.05) is 17.7 Å². The van der Waals surface area contributed by atoms with Crippen molar-refractivity contribution in [2.75, 3.05) is 19.8 Å². The summed E-state index contributed by atoms with van der Waals surface area (Å²) in [5.74, 6) is 1.52. The lowest BCUT2D eigenvalue weighted by atomic mass is 10.1. The molecular formula is C28H35NO4. The molecule has 0 unspecified atom stereocenters. The van der Waals surface area contributed by atoms with E-state index < -0.39 is 0 Å². The molecule has 5 heteroatoms. The monoisotopic (exact) mass is 449 g/mol. The highest BCUT2D eigenvalue weighted by Gasteiger charge is 2.11. The second-order valence-electron chi connectivity index (χ2n) is 8.48. The summed E-state index contributed by atoms with van der Waals surface area (Å²) in [7, 11) is 0. The predicted molar refractivity (Wildman–Crippen MR) is 133 cm³/mol. The average Bonchev–Trinajstić information content (AvgIpc) is 3.28. The number of benzene rings is 2. The third kappa shape index (κ3) is 8.01. The Kier molecular flexibility index (Phi) is 9.43. The van der Waals surface area contributed by atoms with E-state index in [0.717, 1.165) is 74.2 Å². The van der Waals surface area contributed by atoms with Crippen molar-refractivity contribution in [1.82, 2.24) is 0 Å². The molecule has 176 valence electrons. The van der Waals surface area contributed by atoms with Crippen LogP contribution in [0.25, 0.3) is 11.8 Å². The molecule has 0 fully saturated rings. The molecule has 0 spiro atoms. The molecule has 1 aliphatic rings. The minimum Gasteiger partial charge on any atom is -0.494 e. The van der Waals surface area contributed by atoms with Crippen molar-refractivity contribution in [2.45, 2.75) is 51.9 Å². The average molecular weight is 450 g/mol. The molecule has 2 aromatic rings. The highest BCUT2D eigenvalue weighted by molar-refractivity contribution is 5.86. The number of hydrogen-bond acceptors (Lipinski definition) is 5. The van der Waals surface area contributed by atoms with Gasteiger partial charge in [-0.2, -0.15) is 0 Å². The van der Waals surface area contributed by atoms with Crippen molar-refractivity contribution >= 4 is 17.7 Å². The van der Waals surface area contributed by atoms with E-state index in [1.165, 1.54) is 5.56 Å². The van der Waals surface area contributed by atoms with Crippen molar-refractivity contribution in [3.05, 3.63) is 71.3 Å². The third-order valence-electron chi connectivity index (χ3n) is 5.62. The van der Waals surface area contributed by atoms with Gasteiger partial charge in [-0.15, -0.1) is 0 Å². The first-order valence-corrected chi connectivity index (χ1v) is 11.8. The Morgan fingerprint density at radius 2 is 1.73 bits per heavy atom. The lowest BCUT2D eigenvalue weighted by Gasteiger charge is -2.08. The van der Waals surface area contributed by atoms with E-state index in [0.29, 0.717) is 24.5 Å². The van der Waals surface area contributed by atoms with Crippen molar-refractivity contribution in [3.63, 3.8) is 0 Å². The first kappa shape index (κ1) is 24.4. The van der Waals surface area contributed by atoms with Gasteiger partial charge in [0.1, 0.15) is 11.5 Å². The van der Waals surface area contributed by atoms with Crippen LogP contribution in [0.5, 0.6) is 11.5 Å². The van der Waals surface area contributed by atoms with Gasteiger partial charge in [-0.05, 0) is 72.9 Å². The van der Waals surface area contributed by atoms with Crippen LogP contribution in [0.1, 0.15) is 62.1 Å². The molecular weight excluding hydrogens is 414 g/mol. The maximum Gasteiger partial charge on any atom is 0.333 e. The predicted octanol–water partition coefficient (Wildman–Crippen LogP) is 5.92. The molecule has 2 aromatic carbocycles. The molecule has 0 aromatic heterocycles. The van der Waals surface area contributed by atoms with Gasteiger partial charge in [0.25, 0.3) is 0 Å². The topological polar surface area (TPSA) is 70.8 Å². The number of unbranched alkanes of at least 4 members (excludes halogenated alkanes) is 5.